The van der Waals surface area contributed by atoms with E-state index in [1.807, 2.05) is 13.8 Å². The van der Waals surface area contributed by atoms with Crippen molar-refractivity contribution in [1.82, 2.24) is 15.0 Å². The Morgan fingerprint density at radius 3 is 2.56 bits per heavy atom. The molecule has 1 atom stereocenters. The lowest BCUT2D eigenvalue weighted by Crippen LogP contribution is -2.56. The van der Waals surface area contributed by atoms with E-state index in [4.69, 9.17) is 4.52 Å². The van der Waals surface area contributed by atoms with Crippen molar-refractivity contribution in [3.8, 4) is 0 Å². The van der Waals surface area contributed by atoms with Crippen LogP contribution in [-0.2, 0) is 14.6 Å². The molecule has 0 spiro atoms. The van der Waals surface area contributed by atoms with Gasteiger partial charge in [-0.1, -0.05) is 19.0 Å². The molecule has 0 radical (unpaired) electrons. The van der Waals surface area contributed by atoms with Crippen LogP contribution in [-0.4, -0.2) is 72.5 Å². The fourth-order valence-corrected chi connectivity index (χ4v) is 4.54. The number of carbonyl (C=O) groups is 2. The largest absolute Gasteiger partial charge is 0.338 e. The van der Waals surface area contributed by atoms with E-state index in [-0.39, 0.29) is 48.3 Å². The summed E-state index contributed by atoms with van der Waals surface area (Å²) in [6.45, 7) is 4.78. The highest BCUT2D eigenvalue weighted by Gasteiger charge is 2.36. The summed E-state index contributed by atoms with van der Waals surface area (Å²) in [7, 11) is -3.07. The zero-order valence-corrected chi connectivity index (χ0v) is 16.5. The Hall–Kier alpha value is -2.10. The first-order chi connectivity index (χ1) is 12.8. The quantitative estimate of drug-likeness (QED) is 0.824. The van der Waals surface area contributed by atoms with Gasteiger partial charge in [0.2, 0.25) is 11.8 Å². The number of piperidine rings is 1. The van der Waals surface area contributed by atoms with Gasteiger partial charge in [0, 0.05) is 25.7 Å². The second kappa shape index (κ2) is 7.87. The fourth-order valence-electron chi connectivity index (χ4n) is 3.34. The molecule has 1 aromatic heterocycles. The molecule has 2 aliphatic heterocycles. The Bertz CT molecular complexity index is 790. The van der Waals surface area contributed by atoms with E-state index in [9.17, 15) is 18.0 Å². The monoisotopic (exact) mass is 398 g/mol. The number of anilines is 1. The number of amides is 3. The molecule has 0 aromatic carbocycles. The first kappa shape index (κ1) is 19.7. The molecule has 1 unspecified atom stereocenters. The molecule has 9 nitrogen and oxygen atoms in total. The number of nitrogens with one attached hydrogen (secondary N) is 1. The van der Waals surface area contributed by atoms with Crippen molar-refractivity contribution in [3.63, 3.8) is 0 Å². The summed E-state index contributed by atoms with van der Waals surface area (Å²) in [5, 5.41) is 6.63. The number of aromatic nitrogens is 1. The van der Waals surface area contributed by atoms with Gasteiger partial charge >= 0.3 is 6.03 Å². The van der Waals surface area contributed by atoms with Crippen LogP contribution >= 0.6 is 0 Å². The molecule has 150 valence electrons. The number of urea groups is 1. The van der Waals surface area contributed by atoms with Crippen molar-refractivity contribution in [2.45, 2.75) is 45.1 Å². The Labute approximate surface area is 159 Å². The molecule has 3 amide bonds. The minimum Gasteiger partial charge on any atom is -0.338 e. The summed E-state index contributed by atoms with van der Waals surface area (Å²) in [5.41, 5.74) is 0.747. The maximum absolute atomic E-state index is 12.9. The van der Waals surface area contributed by atoms with Crippen LogP contribution in [0.4, 0.5) is 10.7 Å². The lowest BCUT2D eigenvalue weighted by Gasteiger charge is -2.39. The standard InChI is InChI=1S/C17H26N4O5S/c1-12(2)13-11-15(26-19-13)18-16(22)14-5-3-4-6-21(14)17(23)20-7-9-27(24,25)10-8-20/h11-12,14H,3-10H2,1-2H3,(H,18,22). The number of likely N-dealkylation sites (tertiary alicyclic amines) is 1. The van der Waals surface area contributed by atoms with Gasteiger partial charge in [-0.05, 0) is 25.2 Å². The number of sulfone groups is 1. The van der Waals surface area contributed by atoms with Crippen LogP contribution in [0, 0.1) is 0 Å². The smallest absolute Gasteiger partial charge is 0.320 e. The lowest BCUT2D eigenvalue weighted by atomic mass is 10.0. The molecule has 2 saturated heterocycles. The van der Waals surface area contributed by atoms with E-state index in [1.54, 1.807) is 11.0 Å². The van der Waals surface area contributed by atoms with E-state index in [2.05, 4.69) is 10.5 Å². The molecular formula is C17H26N4O5S. The first-order valence-corrected chi connectivity index (χ1v) is 11.1. The molecule has 1 aromatic rings. The van der Waals surface area contributed by atoms with Gasteiger partial charge in [-0.25, -0.2) is 13.2 Å². The van der Waals surface area contributed by atoms with E-state index in [0.29, 0.717) is 13.0 Å². The summed E-state index contributed by atoms with van der Waals surface area (Å²) in [6.07, 6.45) is 2.24. The van der Waals surface area contributed by atoms with Gasteiger partial charge in [-0.3, -0.25) is 10.1 Å². The van der Waals surface area contributed by atoms with Gasteiger partial charge in [0.25, 0.3) is 0 Å². The van der Waals surface area contributed by atoms with Gasteiger partial charge in [0.15, 0.2) is 9.84 Å². The van der Waals surface area contributed by atoms with Crippen molar-refractivity contribution in [2.75, 3.05) is 36.5 Å². The van der Waals surface area contributed by atoms with E-state index < -0.39 is 15.9 Å². The van der Waals surface area contributed by atoms with Crippen molar-refractivity contribution in [2.24, 2.45) is 0 Å². The second-order valence-corrected chi connectivity index (χ2v) is 9.69. The maximum atomic E-state index is 12.9. The Morgan fingerprint density at radius 2 is 1.93 bits per heavy atom. The van der Waals surface area contributed by atoms with Crippen LogP contribution < -0.4 is 5.32 Å². The van der Waals surface area contributed by atoms with Crippen molar-refractivity contribution in [3.05, 3.63) is 11.8 Å². The summed E-state index contributed by atoms with van der Waals surface area (Å²) < 4.78 is 28.3. The second-order valence-electron chi connectivity index (χ2n) is 7.39. The van der Waals surface area contributed by atoms with Crippen LogP contribution in [0.3, 0.4) is 0 Å². The molecule has 27 heavy (non-hydrogen) atoms. The maximum Gasteiger partial charge on any atom is 0.320 e. The SMILES string of the molecule is CC(C)c1cc(NC(=O)C2CCCCN2C(=O)N2CCS(=O)(=O)CC2)on1. The van der Waals surface area contributed by atoms with Crippen molar-refractivity contribution < 1.29 is 22.5 Å². The van der Waals surface area contributed by atoms with Gasteiger partial charge in [-0.15, -0.1) is 0 Å². The summed E-state index contributed by atoms with van der Waals surface area (Å²) in [6, 6.07) is 0.815. The molecule has 2 fully saturated rings. The molecule has 2 aliphatic rings. The molecular weight excluding hydrogens is 372 g/mol. The van der Waals surface area contributed by atoms with E-state index in [1.165, 1.54) is 4.90 Å². The minimum absolute atomic E-state index is 0.0283. The van der Waals surface area contributed by atoms with Crippen LogP contribution in [0.1, 0.15) is 44.7 Å². The molecule has 1 N–H and O–H groups in total. The first-order valence-electron chi connectivity index (χ1n) is 9.30. The van der Waals surface area contributed by atoms with E-state index >= 15 is 0 Å². The third kappa shape index (κ3) is 4.60. The van der Waals surface area contributed by atoms with Gasteiger partial charge in [0.05, 0.1) is 17.2 Å². The van der Waals surface area contributed by atoms with Crippen LogP contribution in [0.15, 0.2) is 10.6 Å². The average Bonchev–Trinajstić information content (AvgIpc) is 3.10. The van der Waals surface area contributed by atoms with Crippen LogP contribution in [0.25, 0.3) is 0 Å². The molecule has 0 saturated carbocycles. The number of hydrogen-bond acceptors (Lipinski definition) is 6. The van der Waals surface area contributed by atoms with Gasteiger partial charge in [0.1, 0.15) is 6.04 Å². The number of rotatable bonds is 3. The number of nitrogens with zero attached hydrogens (tertiary/aromatic N) is 3. The minimum atomic E-state index is -3.07. The predicted octanol–water partition coefficient (Wildman–Crippen LogP) is 1.44. The lowest BCUT2D eigenvalue weighted by molar-refractivity contribution is -0.121. The zero-order chi connectivity index (χ0) is 19.6. The molecule has 10 heteroatoms. The third-order valence-electron chi connectivity index (χ3n) is 5.03. The topological polar surface area (TPSA) is 113 Å². The molecule has 3 rings (SSSR count). The fraction of sp³-hybridized carbons (Fsp3) is 0.706. The Morgan fingerprint density at radius 1 is 1.22 bits per heavy atom. The van der Waals surface area contributed by atoms with Crippen LogP contribution in [0.2, 0.25) is 0 Å². The molecule has 3 heterocycles. The zero-order valence-electron chi connectivity index (χ0n) is 15.7. The highest BCUT2D eigenvalue weighted by atomic mass is 32.2. The molecule has 0 aliphatic carbocycles. The average molecular weight is 398 g/mol. The highest BCUT2D eigenvalue weighted by Crippen LogP contribution is 2.23. The predicted molar refractivity (Wildman–Crippen MR) is 99.2 cm³/mol. The Kier molecular flexibility index (Phi) is 5.73. The van der Waals surface area contributed by atoms with E-state index in [0.717, 1.165) is 18.5 Å². The van der Waals surface area contributed by atoms with Crippen LogP contribution in [0.5, 0.6) is 0 Å². The van der Waals surface area contributed by atoms with Gasteiger partial charge < -0.3 is 14.3 Å². The van der Waals surface area contributed by atoms with Crippen molar-refractivity contribution >= 4 is 27.7 Å². The third-order valence-corrected chi connectivity index (χ3v) is 6.64. The normalized spacial score (nSPS) is 22.7. The highest BCUT2D eigenvalue weighted by molar-refractivity contribution is 7.91. The van der Waals surface area contributed by atoms with Crippen molar-refractivity contribution in [1.29, 1.82) is 0 Å². The summed E-state index contributed by atoms with van der Waals surface area (Å²) in [5.74, 6) is 0.0892. The number of carbonyl (C=O) groups excluding carboxylic acids is 2. The van der Waals surface area contributed by atoms with Gasteiger partial charge in [-0.2, -0.15) is 0 Å². The molecule has 0 bridgehead atoms. The Balaban J connectivity index is 1.67. The number of hydrogen-bond donors (Lipinski definition) is 1. The summed E-state index contributed by atoms with van der Waals surface area (Å²) >= 11 is 0. The summed E-state index contributed by atoms with van der Waals surface area (Å²) in [4.78, 5) is 28.7.